The van der Waals surface area contributed by atoms with E-state index in [1.165, 1.54) is 12.0 Å². The van der Waals surface area contributed by atoms with Crippen LogP contribution in [0.3, 0.4) is 0 Å². The van der Waals surface area contributed by atoms with Crippen molar-refractivity contribution in [2.45, 2.75) is 33.2 Å². The molecule has 0 saturated heterocycles. The van der Waals surface area contributed by atoms with Crippen molar-refractivity contribution in [3.8, 4) is 0 Å². The molecule has 3 nitrogen and oxygen atoms in total. The van der Waals surface area contributed by atoms with Gasteiger partial charge in [0.15, 0.2) is 0 Å². The summed E-state index contributed by atoms with van der Waals surface area (Å²) in [5.74, 6) is 0.522. The lowest BCUT2D eigenvalue weighted by Gasteiger charge is -2.13. The van der Waals surface area contributed by atoms with Gasteiger partial charge in [-0.2, -0.15) is 0 Å². The molecule has 0 aromatic heterocycles. The van der Waals surface area contributed by atoms with Gasteiger partial charge in [0.05, 0.1) is 0 Å². The fourth-order valence-corrected chi connectivity index (χ4v) is 2.18. The third-order valence-electron chi connectivity index (χ3n) is 3.96. The molecular formula is C15H23ClN2O. The molecule has 106 valence electrons. The van der Waals surface area contributed by atoms with Crippen LogP contribution >= 0.6 is 12.4 Å². The molecule has 2 atom stereocenters. The molecule has 1 aliphatic rings. The first-order chi connectivity index (χ1) is 8.40. The number of amides is 1. The van der Waals surface area contributed by atoms with E-state index < -0.39 is 6.04 Å². The lowest BCUT2D eigenvalue weighted by atomic mass is 10.1. The molecule has 2 rings (SSSR count). The maximum absolute atomic E-state index is 11.9. The van der Waals surface area contributed by atoms with Crippen LogP contribution in [0.2, 0.25) is 0 Å². The summed E-state index contributed by atoms with van der Waals surface area (Å²) in [6, 6.07) is 7.23. The SMILES string of the molecule is Cc1ccc(C(N)C(=O)NCC2CC2(C)C)cc1.Cl. The first-order valence-electron chi connectivity index (χ1n) is 6.50. The Kier molecular flexibility index (Phi) is 4.99. The Hall–Kier alpha value is -1.06. The molecule has 0 heterocycles. The van der Waals surface area contributed by atoms with Gasteiger partial charge in [0, 0.05) is 6.54 Å². The number of nitrogens with two attached hydrogens (primary N) is 1. The minimum absolute atomic E-state index is 0. The molecular weight excluding hydrogens is 260 g/mol. The van der Waals surface area contributed by atoms with Gasteiger partial charge in [-0.05, 0) is 30.2 Å². The Balaban J connectivity index is 0.00000180. The maximum atomic E-state index is 11.9. The zero-order valence-corrected chi connectivity index (χ0v) is 12.6. The number of carbonyl (C=O) groups is 1. The Morgan fingerprint density at radius 3 is 2.42 bits per heavy atom. The summed E-state index contributed by atoms with van der Waals surface area (Å²) in [6.07, 6.45) is 1.19. The molecule has 2 unspecified atom stereocenters. The van der Waals surface area contributed by atoms with Crippen molar-refractivity contribution in [3.63, 3.8) is 0 Å². The number of hydrogen-bond acceptors (Lipinski definition) is 2. The number of nitrogens with one attached hydrogen (secondary N) is 1. The van der Waals surface area contributed by atoms with E-state index >= 15 is 0 Å². The third-order valence-corrected chi connectivity index (χ3v) is 3.96. The molecule has 0 radical (unpaired) electrons. The van der Waals surface area contributed by atoms with Gasteiger partial charge >= 0.3 is 0 Å². The van der Waals surface area contributed by atoms with Crippen molar-refractivity contribution >= 4 is 18.3 Å². The van der Waals surface area contributed by atoms with Crippen LogP contribution < -0.4 is 11.1 Å². The predicted molar refractivity (Wildman–Crippen MR) is 80.3 cm³/mol. The topological polar surface area (TPSA) is 55.1 Å². The van der Waals surface area contributed by atoms with Crippen molar-refractivity contribution in [1.29, 1.82) is 0 Å². The van der Waals surface area contributed by atoms with Gasteiger partial charge in [-0.1, -0.05) is 43.7 Å². The number of halogens is 1. The molecule has 4 heteroatoms. The average Bonchev–Trinajstić information content (AvgIpc) is 2.94. The summed E-state index contributed by atoms with van der Waals surface area (Å²) >= 11 is 0. The summed E-state index contributed by atoms with van der Waals surface area (Å²) in [7, 11) is 0. The van der Waals surface area contributed by atoms with Gasteiger partial charge in [-0.15, -0.1) is 12.4 Å². The maximum Gasteiger partial charge on any atom is 0.241 e. The van der Waals surface area contributed by atoms with Gasteiger partial charge in [-0.25, -0.2) is 0 Å². The summed E-state index contributed by atoms with van der Waals surface area (Å²) < 4.78 is 0. The second-order valence-corrected chi connectivity index (χ2v) is 6.02. The number of benzene rings is 1. The van der Waals surface area contributed by atoms with E-state index in [0.717, 1.165) is 12.1 Å². The molecule has 1 fully saturated rings. The van der Waals surface area contributed by atoms with Gasteiger partial charge in [-0.3, -0.25) is 4.79 Å². The Labute approximate surface area is 121 Å². The molecule has 0 aliphatic heterocycles. The number of aryl methyl sites for hydroxylation is 1. The molecule has 1 aromatic carbocycles. The van der Waals surface area contributed by atoms with Crippen LogP contribution in [0.25, 0.3) is 0 Å². The summed E-state index contributed by atoms with van der Waals surface area (Å²) in [6.45, 7) is 7.21. The Morgan fingerprint density at radius 2 is 1.95 bits per heavy atom. The van der Waals surface area contributed by atoms with Crippen LogP contribution in [0, 0.1) is 18.3 Å². The predicted octanol–water partition coefficient (Wildman–Crippen LogP) is 2.58. The molecule has 19 heavy (non-hydrogen) atoms. The average molecular weight is 283 g/mol. The van der Waals surface area contributed by atoms with Crippen LogP contribution in [-0.4, -0.2) is 12.5 Å². The van der Waals surface area contributed by atoms with E-state index in [9.17, 15) is 4.79 Å². The zero-order chi connectivity index (χ0) is 13.3. The van der Waals surface area contributed by atoms with Crippen LogP contribution in [0.1, 0.15) is 37.4 Å². The van der Waals surface area contributed by atoms with E-state index in [4.69, 9.17) is 5.73 Å². The number of rotatable bonds is 4. The molecule has 3 N–H and O–H groups in total. The standard InChI is InChI=1S/C15H22N2O.ClH/c1-10-4-6-11(7-5-10)13(16)14(18)17-9-12-8-15(12,2)3;/h4-7,12-13H,8-9,16H2,1-3H3,(H,17,18);1H. The monoisotopic (exact) mass is 282 g/mol. The van der Waals surface area contributed by atoms with Crippen molar-refractivity contribution < 1.29 is 4.79 Å². The Morgan fingerprint density at radius 1 is 1.42 bits per heavy atom. The summed E-state index contributed by atoms with van der Waals surface area (Å²) in [5.41, 5.74) is 8.38. The smallest absolute Gasteiger partial charge is 0.241 e. The largest absolute Gasteiger partial charge is 0.354 e. The summed E-state index contributed by atoms with van der Waals surface area (Å²) in [4.78, 5) is 11.9. The van der Waals surface area contributed by atoms with Crippen molar-refractivity contribution in [1.82, 2.24) is 5.32 Å². The van der Waals surface area contributed by atoms with Gasteiger partial charge in [0.25, 0.3) is 0 Å². The quantitative estimate of drug-likeness (QED) is 0.892. The normalized spacial score (nSPS) is 21.2. The highest BCUT2D eigenvalue weighted by Gasteiger charge is 2.45. The van der Waals surface area contributed by atoms with E-state index in [2.05, 4.69) is 19.2 Å². The highest BCUT2D eigenvalue weighted by atomic mass is 35.5. The highest BCUT2D eigenvalue weighted by molar-refractivity contribution is 5.85. The fraction of sp³-hybridized carbons (Fsp3) is 0.533. The first kappa shape index (κ1) is 16.0. The van der Waals surface area contributed by atoms with Gasteiger partial charge in [0.1, 0.15) is 6.04 Å². The summed E-state index contributed by atoms with van der Waals surface area (Å²) in [5, 5.41) is 2.95. The minimum atomic E-state index is -0.563. The van der Waals surface area contributed by atoms with E-state index in [0.29, 0.717) is 11.3 Å². The van der Waals surface area contributed by atoms with Crippen molar-refractivity contribution in [2.75, 3.05) is 6.54 Å². The van der Waals surface area contributed by atoms with Crippen LogP contribution in [0.15, 0.2) is 24.3 Å². The van der Waals surface area contributed by atoms with Crippen molar-refractivity contribution in [2.24, 2.45) is 17.1 Å². The lowest BCUT2D eigenvalue weighted by molar-refractivity contribution is -0.122. The number of carbonyl (C=O) groups excluding carboxylic acids is 1. The van der Waals surface area contributed by atoms with Crippen LogP contribution in [-0.2, 0) is 4.79 Å². The van der Waals surface area contributed by atoms with Gasteiger partial charge in [0.2, 0.25) is 5.91 Å². The molecule has 0 spiro atoms. The van der Waals surface area contributed by atoms with E-state index in [1.807, 2.05) is 31.2 Å². The van der Waals surface area contributed by atoms with E-state index in [1.54, 1.807) is 0 Å². The van der Waals surface area contributed by atoms with Crippen LogP contribution in [0.5, 0.6) is 0 Å². The van der Waals surface area contributed by atoms with Crippen LogP contribution in [0.4, 0.5) is 0 Å². The van der Waals surface area contributed by atoms with Crippen molar-refractivity contribution in [3.05, 3.63) is 35.4 Å². The molecule has 1 aliphatic carbocycles. The molecule has 1 amide bonds. The fourth-order valence-electron chi connectivity index (χ4n) is 2.18. The minimum Gasteiger partial charge on any atom is -0.354 e. The lowest BCUT2D eigenvalue weighted by Crippen LogP contribution is -2.35. The Bertz CT molecular complexity index is 442. The number of hydrogen-bond donors (Lipinski definition) is 2. The second kappa shape index (κ2) is 5.93. The third kappa shape index (κ3) is 3.95. The zero-order valence-electron chi connectivity index (χ0n) is 11.8. The second-order valence-electron chi connectivity index (χ2n) is 6.02. The highest BCUT2D eigenvalue weighted by Crippen LogP contribution is 2.50. The molecule has 1 saturated carbocycles. The first-order valence-corrected chi connectivity index (χ1v) is 6.50. The van der Waals surface area contributed by atoms with E-state index in [-0.39, 0.29) is 18.3 Å². The molecule has 0 bridgehead atoms. The van der Waals surface area contributed by atoms with Gasteiger partial charge < -0.3 is 11.1 Å². The molecule has 1 aromatic rings.